The molecule has 0 radical (unpaired) electrons. The average molecular weight is 204 g/mol. The summed E-state index contributed by atoms with van der Waals surface area (Å²) in [6, 6.07) is 6.42. The van der Waals surface area contributed by atoms with Crippen LogP contribution in [0.4, 0.5) is 0 Å². The van der Waals surface area contributed by atoms with Crippen LogP contribution < -0.4 is 11.1 Å². The number of nitrogens with two attached hydrogens (primary N) is 1. The van der Waals surface area contributed by atoms with Crippen LogP contribution in [-0.4, -0.2) is 23.1 Å². The predicted octanol–water partition coefficient (Wildman–Crippen LogP) is 1.17. The summed E-state index contributed by atoms with van der Waals surface area (Å²) in [5, 5.41) is 3.22. The van der Waals surface area contributed by atoms with E-state index in [2.05, 4.69) is 27.4 Å². The first kappa shape index (κ1) is 10.1. The Labute approximate surface area is 88.9 Å². The lowest BCUT2D eigenvalue weighted by Gasteiger charge is -2.20. The Morgan fingerprint density at radius 3 is 2.93 bits per heavy atom. The predicted molar refractivity (Wildman–Crippen MR) is 61.5 cm³/mol. The number of hydrogen-bond donors (Lipinski definition) is 3. The van der Waals surface area contributed by atoms with Gasteiger partial charge in [0.15, 0.2) is 0 Å². The number of imidazole rings is 1. The average Bonchev–Trinajstić information content (AvgIpc) is 2.65. The molecule has 80 valence electrons. The Bertz CT molecular complexity index is 447. The number of fused-ring (bicyclic) bond motifs is 1. The summed E-state index contributed by atoms with van der Waals surface area (Å²) in [5.41, 5.74) is 9.13. The van der Waals surface area contributed by atoms with E-state index in [1.54, 1.807) is 6.33 Å². The zero-order chi connectivity index (χ0) is 10.8. The van der Waals surface area contributed by atoms with E-state index < -0.39 is 0 Å². The summed E-state index contributed by atoms with van der Waals surface area (Å²) in [6.07, 6.45) is 1.70. The second kappa shape index (κ2) is 4.00. The summed E-state index contributed by atoms with van der Waals surface area (Å²) >= 11 is 0. The third-order valence-corrected chi connectivity index (χ3v) is 2.64. The number of likely N-dealkylation sites (N-methyl/N-ethyl adjacent to an activating group) is 1. The maximum absolute atomic E-state index is 5.91. The SMILES string of the molecule is CNC(c1ccc2nc[nH]c2c1)C(C)N. The van der Waals surface area contributed by atoms with Gasteiger partial charge in [-0.1, -0.05) is 6.07 Å². The molecule has 0 saturated carbocycles. The third kappa shape index (κ3) is 1.86. The smallest absolute Gasteiger partial charge is 0.0931 e. The zero-order valence-corrected chi connectivity index (χ0v) is 8.99. The quantitative estimate of drug-likeness (QED) is 0.703. The van der Waals surface area contributed by atoms with Gasteiger partial charge in [-0.05, 0) is 31.7 Å². The first-order valence-corrected chi connectivity index (χ1v) is 5.08. The number of H-pyrrole nitrogens is 1. The molecule has 0 aliphatic carbocycles. The van der Waals surface area contributed by atoms with Crippen LogP contribution >= 0.6 is 0 Å². The summed E-state index contributed by atoms with van der Waals surface area (Å²) in [5.74, 6) is 0. The number of benzene rings is 1. The van der Waals surface area contributed by atoms with Crippen LogP contribution in [0.1, 0.15) is 18.5 Å². The fourth-order valence-electron chi connectivity index (χ4n) is 1.88. The fraction of sp³-hybridized carbons (Fsp3) is 0.364. The van der Waals surface area contributed by atoms with Crippen molar-refractivity contribution in [3.05, 3.63) is 30.1 Å². The number of hydrogen-bond acceptors (Lipinski definition) is 3. The maximum Gasteiger partial charge on any atom is 0.0931 e. The number of nitrogens with zero attached hydrogens (tertiary/aromatic N) is 1. The van der Waals surface area contributed by atoms with Gasteiger partial charge in [0, 0.05) is 12.1 Å². The van der Waals surface area contributed by atoms with Gasteiger partial charge in [0.05, 0.1) is 17.4 Å². The van der Waals surface area contributed by atoms with Crippen molar-refractivity contribution in [2.75, 3.05) is 7.05 Å². The molecule has 0 saturated heterocycles. The molecule has 1 aromatic carbocycles. The zero-order valence-electron chi connectivity index (χ0n) is 8.99. The molecule has 2 aromatic rings. The Morgan fingerprint density at radius 1 is 1.47 bits per heavy atom. The first-order valence-electron chi connectivity index (χ1n) is 5.08. The molecule has 0 spiro atoms. The summed E-state index contributed by atoms with van der Waals surface area (Å²) in [6.45, 7) is 2.00. The Kier molecular flexibility index (Phi) is 2.70. The van der Waals surface area contributed by atoms with Gasteiger partial charge in [-0.25, -0.2) is 4.98 Å². The fourth-order valence-corrected chi connectivity index (χ4v) is 1.88. The lowest BCUT2D eigenvalue weighted by Crippen LogP contribution is -2.33. The Hall–Kier alpha value is -1.39. The largest absolute Gasteiger partial charge is 0.345 e. The molecule has 0 aliphatic rings. The van der Waals surface area contributed by atoms with Crippen LogP contribution in [0.25, 0.3) is 11.0 Å². The van der Waals surface area contributed by atoms with Crippen molar-refractivity contribution in [2.45, 2.75) is 19.0 Å². The van der Waals surface area contributed by atoms with Gasteiger partial charge in [-0.3, -0.25) is 0 Å². The lowest BCUT2D eigenvalue weighted by atomic mass is 10.0. The Balaban J connectivity index is 2.41. The van der Waals surface area contributed by atoms with Gasteiger partial charge in [0.25, 0.3) is 0 Å². The van der Waals surface area contributed by atoms with Crippen molar-refractivity contribution in [3.8, 4) is 0 Å². The molecule has 0 aliphatic heterocycles. The highest BCUT2D eigenvalue weighted by Gasteiger charge is 2.14. The normalized spacial score (nSPS) is 15.4. The summed E-state index contributed by atoms with van der Waals surface area (Å²) in [7, 11) is 1.92. The van der Waals surface area contributed by atoms with E-state index >= 15 is 0 Å². The number of aromatic amines is 1. The monoisotopic (exact) mass is 204 g/mol. The molecule has 4 heteroatoms. The summed E-state index contributed by atoms with van der Waals surface area (Å²) < 4.78 is 0. The number of rotatable bonds is 3. The third-order valence-electron chi connectivity index (χ3n) is 2.64. The van der Waals surface area contributed by atoms with Crippen molar-refractivity contribution in [2.24, 2.45) is 5.73 Å². The Morgan fingerprint density at radius 2 is 2.27 bits per heavy atom. The van der Waals surface area contributed by atoms with E-state index in [0.717, 1.165) is 11.0 Å². The molecular formula is C11H16N4. The number of aromatic nitrogens is 2. The molecular weight excluding hydrogens is 188 g/mol. The van der Waals surface area contributed by atoms with Crippen LogP contribution in [-0.2, 0) is 0 Å². The van der Waals surface area contributed by atoms with E-state index in [4.69, 9.17) is 5.73 Å². The molecule has 4 N–H and O–H groups in total. The van der Waals surface area contributed by atoms with E-state index in [0.29, 0.717) is 0 Å². The first-order chi connectivity index (χ1) is 7.22. The van der Waals surface area contributed by atoms with Crippen molar-refractivity contribution in [3.63, 3.8) is 0 Å². The van der Waals surface area contributed by atoms with Crippen molar-refractivity contribution < 1.29 is 0 Å². The molecule has 2 atom stereocenters. The minimum atomic E-state index is 0.0790. The van der Waals surface area contributed by atoms with Crippen LogP contribution in [0.3, 0.4) is 0 Å². The molecule has 15 heavy (non-hydrogen) atoms. The van der Waals surface area contributed by atoms with Gasteiger partial charge >= 0.3 is 0 Å². The van der Waals surface area contributed by atoms with Gasteiger partial charge in [0.1, 0.15) is 0 Å². The molecule has 1 heterocycles. The van der Waals surface area contributed by atoms with E-state index in [9.17, 15) is 0 Å². The molecule has 0 amide bonds. The van der Waals surface area contributed by atoms with E-state index in [-0.39, 0.29) is 12.1 Å². The van der Waals surface area contributed by atoms with Crippen molar-refractivity contribution in [1.29, 1.82) is 0 Å². The van der Waals surface area contributed by atoms with Crippen LogP contribution in [0.15, 0.2) is 24.5 Å². The molecule has 2 unspecified atom stereocenters. The molecule has 0 fully saturated rings. The van der Waals surface area contributed by atoms with Gasteiger partial charge in [-0.15, -0.1) is 0 Å². The second-order valence-electron chi connectivity index (χ2n) is 3.80. The summed E-state index contributed by atoms with van der Waals surface area (Å²) in [4.78, 5) is 7.28. The van der Waals surface area contributed by atoms with Crippen LogP contribution in [0.2, 0.25) is 0 Å². The highest BCUT2D eigenvalue weighted by atomic mass is 14.9. The lowest BCUT2D eigenvalue weighted by molar-refractivity contribution is 0.504. The molecule has 2 rings (SSSR count). The minimum Gasteiger partial charge on any atom is -0.345 e. The van der Waals surface area contributed by atoms with E-state index in [1.165, 1.54) is 5.56 Å². The maximum atomic E-state index is 5.91. The molecule has 0 bridgehead atoms. The second-order valence-corrected chi connectivity index (χ2v) is 3.80. The standard InChI is InChI=1S/C11H16N4/c1-7(12)11(13-2)8-3-4-9-10(5-8)15-6-14-9/h3-7,11,13H,12H2,1-2H3,(H,14,15). The van der Waals surface area contributed by atoms with E-state index in [1.807, 2.05) is 20.0 Å². The van der Waals surface area contributed by atoms with Crippen LogP contribution in [0.5, 0.6) is 0 Å². The van der Waals surface area contributed by atoms with Gasteiger partial charge in [-0.2, -0.15) is 0 Å². The highest BCUT2D eigenvalue weighted by molar-refractivity contribution is 5.75. The van der Waals surface area contributed by atoms with Gasteiger partial charge < -0.3 is 16.0 Å². The van der Waals surface area contributed by atoms with Crippen molar-refractivity contribution >= 4 is 11.0 Å². The van der Waals surface area contributed by atoms with Crippen molar-refractivity contribution in [1.82, 2.24) is 15.3 Å². The minimum absolute atomic E-state index is 0.0790. The number of nitrogens with one attached hydrogen (secondary N) is 2. The molecule has 4 nitrogen and oxygen atoms in total. The van der Waals surface area contributed by atoms with Gasteiger partial charge in [0.2, 0.25) is 0 Å². The molecule has 1 aromatic heterocycles. The van der Waals surface area contributed by atoms with Crippen LogP contribution in [0, 0.1) is 0 Å². The topological polar surface area (TPSA) is 66.7 Å². The highest BCUT2D eigenvalue weighted by Crippen LogP contribution is 2.19.